The molecular formula is C53H48N2. The van der Waals surface area contributed by atoms with Gasteiger partial charge in [-0.2, -0.15) is 0 Å². The van der Waals surface area contributed by atoms with Crippen LogP contribution >= 0.6 is 0 Å². The zero-order valence-electron chi connectivity index (χ0n) is 32.4. The Hall–Kier alpha value is -5.86. The summed E-state index contributed by atoms with van der Waals surface area (Å²) < 4.78 is 2.47. The van der Waals surface area contributed by atoms with Gasteiger partial charge in [0.1, 0.15) is 0 Å². The fourth-order valence-electron chi connectivity index (χ4n) is 9.68. The molecule has 0 saturated carbocycles. The van der Waals surface area contributed by atoms with E-state index in [0.29, 0.717) is 5.92 Å². The van der Waals surface area contributed by atoms with Crippen molar-refractivity contribution < 1.29 is 0 Å². The van der Waals surface area contributed by atoms with Gasteiger partial charge in [-0.05, 0) is 125 Å². The van der Waals surface area contributed by atoms with Crippen molar-refractivity contribution in [3.8, 4) is 27.9 Å². The number of nitrogens with zero attached hydrogens (tertiary/aromatic N) is 2. The molecule has 55 heavy (non-hydrogen) atoms. The lowest BCUT2D eigenvalue weighted by atomic mass is 9.73. The highest BCUT2D eigenvalue weighted by Gasteiger charge is 2.36. The molecule has 4 aliphatic rings. The zero-order chi connectivity index (χ0) is 37.3. The minimum Gasteiger partial charge on any atom is -0.313 e. The second-order valence-corrected chi connectivity index (χ2v) is 16.8. The first-order valence-corrected chi connectivity index (χ1v) is 20.1. The second kappa shape index (κ2) is 12.9. The Morgan fingerprint density at radius 1 is 0.691 bits per heavy atom. The van der Waals surface area contributed by atoms with E-state index in [-0.39, 0.29) is 10.8 Å². The molecule has 10 rings (SSSR count). The Morgan fingerprint density at radius 2 is 1.45 bits per heavy atom. The molecule has 0 N–H and O–H groups in total. The summed E-state index contributed by atoms with van der Waals surface area (Å²) >= 11 is 0. The molecule has 270 valence electrons. The molecule has 2 nitrogen and oxygen atoms in total. The van der Waals surface area contributed by atoms with Gasteiger partial charge in [0.15, 0.2) is 0 Å². The first kappa shape index (κ1) is 33.7. The van der Waals surface area contributed by atoms with Gasteiger partial charge in [0.05, 0.1) is 5.52 Å². The summed E-state index contributed by atoms with van der Waals surface area (Å²) in [5, 5.41) is 1.32. The van der Waals surface area contributed by atoms with Crippen LogP contribution in [0.5, 0.6) is 0 Å². The van der Waals surface area contributed by atoms with Crippen molar-refractivity contribution in [1.82, 2.24) is 4.57 Å². The van der Waals surface area contributed by atoms with Gasteiger partial charge >= 0.3 is 0 Å². The Morgan fingerprint density at radius 3 is 2.25 bits per heavy atom. The van der Waals surface area contributed by atoms with Gasteiger partial charge in [-0.15, -0.1) is 0 Å². The van der Waals surface area contributed by atoms with Crippen LogP contribution in [-0.4, -0.2) is 4.57 Å². The van der Waals surface area contributed by atoms with Crippen LogP contribution in [0, 0.1) is 11.3 Å². The van der Waals surface area contributed by atoms with E-state index in [1.54, 1.807) is 0 Å². The number of para-hydroxylation sites is 1. The highest BCUT2D eigenvalue weighted by Crippen LogP contribution is 2.51. The Kier molecular flexibility index (Phi) is 7.89. The van der Waals surface area contributed by atoms with E-state index >= 15 is 0 Å². The molecule has 0 radical (unpaired) electrons. The van der Waals surface area contributed by atoms with Crippen LogP contribution in [0.4, 0.5) is 11.4 Å². The van der Waals surface area contributed by atoms with Crippen LogP contribution in [0.2, 0.25) is 0 Å². The SMILES string of the molecule is CC1C=C(C2(C)C=CC(N(c3ccc(-c4ccc5c(c4)c4c(n5-c5ccccc5)CCC=C4)cc3)c3ccc4c(c3)C(C)(C)c3ccccc3-4)=CC2)C=CC1. The maximum Gasteiger partial charge on any atom is 0.0538 e. The summed E-state index contributed by atoms with van der Waals surface area (Å²) in [4.78, 5) is 2.47. The molecule has 2 atom stereocenters. The third-order valence-electron chi connectivity index (χ3n) is 12.8. The van der Waals surface area contributed by atoms with Crippen LogP contribution in [-0.2, 0) is 11.8 Å². The summed E-state index contributed by atoms with van der Waals surface area (Å²) in [6.45, 7) is 9.45. The average Bonchev–Trinajstić information content (AvgIpc) is 3.67. The first-order chi connectivity index (χ1) is 26.8. The standard InChI is InChI=1S/C53H48N2/c1-36-13-12-14-39(33-36)53(4)31-29-42(30-32-53)54(43-26-27-45-44-17-8-10-19-48(44)52(2,3)49(45)35-43)41-24-21-37(22-25-41)38-23-28-51-47(34-38)46-18-9-11-20-50(46)55(51)40-15-6-5-7-16-40/h5-10,12,14-19,21-31,33-36H,11,13,20,32H2,1-4H3. The molecule has 0 amide bonds. The van der Waals surface area contributed by atoms with Crippen LogP contribution < -0.4 is 4.90 Å². The molecule has 0 bridgehead atoms. The second-order valence-electron chi connectivity index (χ2n) is 16.8. The summed E-state index contributed by atoms with van der Waals surface area (Å²) in [5.74, 6) is 0.580. The molecule has 2 unspecified atom stereocenters. The summed E-state index contributed by atoms with van der Waals surface area (Å²) in [5.41, 5.74) is 18.1. The number of hydrogen-bond acceptors (Lipinski definition) is 1. The third-order valence-corrected chi connectivity index (χ3v) is 12.8. The number of allylic oxidation sites excluding steroid dienone is 8. The summed E-state index contributed by atoms with van der Waals surface area (Å²) in [7, 11) is 0. The van der Waals surface area contributed by atoms with Crippen molar-refractivity contribution in [3.05, 3.63) is 191 Å². The average molecular weight is 713 g/mol. The number of aromatic nitrogens is 1. The van der Waals surface area contributed by atoms with Gasteiger partial charge < -0.3 is 9.47 Å². The minimum atomic E-state index is -0.0736. The van der Waals surface area contributed by atoms with E-state index in [9.17, 15) is 0 Å². The maximum atomic E-state index is 2.47. The topological polar surface area (TPSA) is 8.17 Å². The van der Waals surface area contributed by atoms with Gasteiger partial charge in [0.2, 0.25) is 0 Å². The highest BCUT2D eigenvalue weighted by atomic mass is 15.1. The fraction of sp³-hybridized carbons (Fsp3) is 0.208. The van der Waals surface area contributed by atoms with Gasteiger partial charge in [0, 0.05) is 50.2 Å². The van der Waals surface area contributed by atoms with Crippen LogP contribution in [0.1, 0.15) is 69.3 Å². The monoisotopic (exact) mass is 712 g/mol. The van der Waals surface area contributed by atoms with Crippen molar-refractivity contribution in [2.45, 2.75) is 58.8 Å². The van der Waals surface area contributed by atoms with Gasteiger partial charge in [0.25, 0.3) is 0 Å². The minimum absolute atomic E-state index is 0.0156. The maximum absolute atomic E-state index is 2.47. The smallest absolute Gasteiger partial charge is 0.0538 e. The molecule has 0 aliphatic heterocycles. The lowest BCUT2D eigenvalue weighted by Crippen LogP contribution is -2.23. The number of rotatable bonds is 6. The predicted molar refractivity (Wildman–Crippen MR) is 233 cm³/mol. The van der Waals surface area contributed by atoms with E-state index in [4.69, 9.17) is 0 Å². The van der Waals surface area contributed by atoms with Gasteiger partial charge in [-0.25, -0.2) is 0 Å². The van der Waals surface area contributed by atoms with Crippen LogP contribution in [0.15, 0.2) is 169 Å². The number of benzene rings is 5. The fourth-order valence-corrected chi connectivity index (χ4v) is 9.68. The summed E-state index contributed by atoms with van der Waals surface area (Å²) in [6.07, 6.45) is 23.3. The molecule has 0 saturated heterocycles. The van der Waals surface area contributed by atoms with Crippen molar-refractivity contribution in [2.75, 3.05) is 4.90 Å². The predicted octanol–water partition coefficient (Wildman–Crippen LogP) is 14.1. The van der Waals surface area contributed by atoms with E-state index < -0.39 is 0 Å². The van der Waals surface area contributed by atoms with Gasteiger partial charge in [-0.1, -0.05) is 137 Å². The Bertz CT molecular complexity index is 2640. The molecule has 1 aromatic heterocycles. The molecule has 1 heterocycles. The van der Waals surface area contributed by atoms with Crippen LogP contribution in [0.25, 0.3) is 44.9 Å². The number of anilines is 2. The van der Waals surface area contributed by atoms with Crippen molar-refractivity contribution >= 4 is 28.4 Å². The molecule has 6 aromatic rings. The lowest BCUT2D eigenvalue weighted by molar-refractivity contribution is 0.514. The van der Waals surface area contributed by atoms with Crippen LogP contribution in [0.3, 0.4) is 0 Å². The molecule has 0 fully saturated rings. The zero-order valence-corrected chi connectivity index (χ0v) is 32.4. The first-order valence-electron chi connectivity index (χ1n) is 20.1. The third kappa shape index (κ3) is 5.53. The van der Waals surface area contributed by atoms with E-state index in [0.717, 1.165) is 25.7 Å². The van der Waals surface area contributed by atoms with Crippen molar-refractivity contribution in [1.29, 1.82) is 0 Å². The lowest BCUT2D eigenvalue weighted by Gasteiger charge is -2.35. The van der Waals surface area contributed by atoms with E-state index in [1.165, 1.54) is 83.9 Å². The number of fused-ring (bicyclic) bond motifs is 6. The quantitative estimate of drug-likeness (QED) is 0.167. The molecule has 5 aromatic carbocycles. The van der Waals surface area contributed by atoms with Crippen molar-refractivity contribution in [2.24, 2.45) is 11.3 Å². The normalized spacial score (nSPS) is 20.5. The molecule has 2 heteroatoms. The molecule has 0 spiro atoms. The molecular weight excluding hydrogens is 665 g/mol. The van der Waals surface area contributed by atoms with Crippen molar-refractivity contribution in [3.63, 3.8) is 0 Å². The Balaban J connectivity index is 1.05. The Labute approximate surface area is 326 Å². The van der Waals surface area contributed by atoms with E-state index in [1.807, 2.05) is 0 Å². The van der Waals surface area contributed by atoms with E-state index in [2.05, 4.69) is 201 Å². The highest BCUT2D eigenvalue weighted by molar-refractivity contribution is 5.96. The van der Waals surface area contributed by atoms with Gasteiger partial charge in [-0.3, -0.25) is 0 Å². The molecule has 4 aliphatic carbocycles. The number of hydrogen-bond donors (Lipinski definition) is 0. The largest absolute Gasteiger partial charge is 0.313 e. The summed E-state index contributed by atoms with van der Waals surface area (Å²) in [6, 6.07) is 43.1.